The number of carbonyl (C=O) groups excluding carboxylic acids is 1. The molecule has 0 spiro atoms. The van der Waals surface area contributed by atoms with Crippen LogP contribution in [0.1, 0.15) is 38.1 Å². The smallest absolute Gasteiger partial charge is 0.338 e. The first-order valence-electron chi connectivity index (χ1n) is 11.2. The molecular weight excluding hydrogens is 466 g/mol. The number of carbonyl (C=O) groups is 1. The predicted octanol–water partition coefficient (Wildman–Crippen LogP) is 5.38. The summed E-state index contributed by atoms with van der Waals surface area (Å²) in [5, 5.41) is 0. The van der Waals surface area contributed by atoms with E-state index in [0.29, 0.717) is 28.1 Å². The Morgan fingerprint density at radius 3 is 2.23 bits per heavy atom. The average Bonchev–Trinajstić information content (AvgIpc) is 3.22. The highest BCUT2D eigenvalue weighted by molar-refractivity contribution is 7.92. The number of aromatic nitrogens is 2. The molecule has 0 unspecified atom stereocenters. The molecule has 0 saturated heterocycles. The van der Waals surface area contributed by atoms with E-state index in [1.807, 2.05) is 38.1 Å². The number of hydrogen-bond acceptors (Lipinski definition) is 6. The average molecular weight is 494 g/mol. The van der Waals surface area contributed by atoms with Gasteiger partial charge in [-0.25, -0.2) is 18.2 Å². The van der Waals surface area contributed by atoms with Crippen molar-refractivity contribution < 1.29 is 22.7 Å². The molecule has 4 rings (SSSR count). The predicted molar refractivity (Wildman–Crippen MR) is 135 cm³/mol. The van der Waals surface area contributed by atoms with Gasteiger partial charge in [0.2, 0.25) is 0 Å². The van der Waals surface area contributed by atoms with E-state index in [9.17, 15) is 13.2 Å². The molecule has 0 atom stereocenters. The first kappa shape index (κ1) is 24.3. The number of aromatic amines is 1. The largest absolute Gasteiger partial charge is 0.491 e. The lowest BCUT2D eigenvalue weighted by molar-refractivity contribution is 0.0378. The third kappa shape index (κ3) is 5.81. The van der Waals surface area contributed by atoms with Crippen molar-refractivity contribution >= 4 is 32.7 Å². The lowest BCUT2D eigenvalue weighted by Gasteiger charge is -2.10. The fourth-order valence-corrected chi connectivity index (χ4v) is 4.51. The molecular formula is C26H27N3O5S. The zero-order chi connectivity index (χ0) is 25.2. The Balaban J connectivity index is 1.53. The fourth-order valence-electron chi connectivity index (χ4n) is 3.43. The van der Waals surface area contributed by atoms with Crippen molar-refractivity contribution in [2.45, 2.75) is 44.8 Å². The Morgan fingerprint density at radius 1 is 0.914 bits per heavy atom. The van der Waals surface area contributed by atoms with E-state index in [1.165, 1.54) is 30.3 Å². The van der Waals surface area contributed by atoms with Gasteiger partial charge in [-0.05, 0) is 94.4 Å². The Kier molecular flexibility index (Phi) is 6.79. The number of benzene rings is 3. The number of H-pyrrole nitrogens is 1. The van der Waals surface area contributed by atoms with Gasteiger partial charge in [-0.2, -0.15) is 0 Å². The van der Waals surface area contributed by atoms with Crippen LogP contribution in [0.4, 0.5) is 5.69 Å². The first-order chi connectivity index (χ1) is 16.6. The third-order valence-electron chi connectivity index (χ3n) is 4.98. The number of ether oxygens (including phenoxy) is 2. The van der Waals surface area contributed by atoms with Crippen molar-refractivity contribution in [3.63, 3.8) is 0 Å². The molecule has 0 aliphatic rings. The number of nitrogens with zero attached hydrogens (tertiary/aromatic N) is 1. The lowest BCUT2D eigenvalue weighted by atomic mass is 10.2. The summed E-state index contributed by atoms with van der Waals surface area (Å²) in [4.78, 5) is 19.8. The van der Waals surface area contributed by atoms with E-state index in [1.54, 1.807) is 26.0 Å². The van der Waals surface area contributed by atoms with Crippen LogP contribution in [-0.2, 0) is 14.8 Å². The summed E-state index contributed by atoms with van der Waals surface area (Å²) >= 11 is 0. The Hall–Kier alpha value is -3.85. The molecule has 1 heterocycles. The molecule has 0 fully saturated rings. The molecule has 0 amide bonds. The molecule has 35 heavy (non-hydrogen) atoms. The van der Waals surface area contributed by atoms with Crippen molar-refractivity contribution in [3.05, 3.63) is 72.3 Å². The summed E-state index contributed by atoms with van der Waals surface area (Å²) in [6.45, 7) is 7.45. The zero-order valence-corrected chi connectivity index (χ0v) is 20.7. The highest BCUT2D eigenvalue weighted by Crippen LogP contribution is 2.26. The zero-order valence-electron chi connectivity index (χ0n) is 19.9. The van der Waals surface area contributed by atoms with Crippen LogP contribution in [0.5, 0.6) is 5.75 Å². The van der Waals surface area contributed by atoms with Crippen LogP contribution in [0.3, 0.4) is 0 Å². The first-order valence-corrected chi connectivity index (χ1v) is 12.7. The van der Waals surface area contributed by atoms with Gasteiger partial charge in [-0.15, -0.1) is 0 Å². The van der Waals surface area contributed by atoms with Crippen LogP contribution in [0.25, 0.3) is 22.4 Å². The Morgan fingerprint density at radius 2 is 1.60 bits per heavy atom. The Labute approximate surface area is 204 Å². The minimum absolute atomic E-state index is 0.0837. The van der Waals surface area contributed by atoms with Crippen molar-refractivity contribution in [2.75, 3.05) is 4.72 Å². The van der Waals surface area contributed by atoms with E-state index in [2.05, 4.69) is 14.7 Å². The monoisotopic (exact) mass is 493 g/mol. The van der Waals surface area contributed by atoms with Gasteiger partial charge in [0.25, 0.3) is 10.0 Å². The molecule has 9 heteroatoms. The standard InChI is InChI=1S/C26H27N3O5S/c1-16(2)33-21-11-7-18(8-12-21)25-27-23-14-13-22(15-24(23)28-25)35(31,32)29-20-9-5-19(6-10-20)26(30)34-17(3)4/h5-17,29H,1-4H3,(H,27,28). The summed E-state index contributed by atoms with van der Waals surface area (Å²) in [7, 11) is -3.86. The van der Waals surface area contributed by atoms with E-state index in [0.717, 1.165) is 11.3 Å². The molecule has 8 nitrogen and oxygen atoms in total. The van der Waals surface area contributed by atoms with E-state index in [-0.39, 0.29) is 17.1 Å². The fraction of sp³-hybridized carbons (Fsp3) is 0.231. The highest BCUT2D eigenvalue weighted by atomic mass is 32.2. The number of nitrogens with one attached hydrogen (secondary N) is 2. The molecule has 3 aromatic carbocycles. The number of imidazole rings is 1. The third-order valence-corrected chi connectivity index (χ3v) is 6.36. The van der Waals surface area contributed by atoms with Gasteiger partial charge in [-0.1, -0.05) is 0 Å². The highest BCUT2D eigenvalue weighted by Gasteiger charge is 2.17. The molecule has 2 N–H and O–H groups in total. The van der Waals surface area contributed by atoms with Crippen LogP contribution in [0.2, 0.25) is 0 Å². The van der Waals surface area contributed by atoms with Gasteiger partial charge >= 0.3 is 5.97 Å². The quantitative estimate of drug-likeness (QED) is 0.319. The molecule has 0 aliphatic carbocycles. The second-order valence-electron chi connectivity index (χ2n) is 8.59. The van der Waals surface area contributed by atoms with E-state index < -0.39 is 16.0 Å². The van der Waals surface area contributed by atoms with Gasteiger partial charge in [0.15, 0.2) is 0 Å². The van der Waals surface area contributed by atoms with Gasteiger partial charge in [0.1, 0.15) is 11.6 Å². The minimum Gasteiger partial charge on any atom is -0.491 e. The summed E-state index contributed by atoms with van der Waals surface area (Å²) in [6, 6.07) is 18.3. The SMILES string of the molecule is CC(C)OC(=O)c1ccc(NS(=O)(=O)c2ccc3nc(-c4ccc(OC(C)C)cc4)[nH]c3c2)cc1. The molecule has 0 aliphatic heterocycles. The minimum atomic E-state index is -3.86. The number of hydrogen-bond donors (Lipinski definition) is 2. The Bertz CT molecular complexity index is 1440. The maximum absolute atomic E-state index is 13.0. The number of sulfonamides is 1. The van der Waals surface area contributed by atoms with Crippen LogP contribution in [0.15, 0.2) is 71.6 Å². The summed E-state index contributed by atoms with van der Waals surface area (Å²) in [5.41, 5.74) is 2.78. The maximum atomic E-state index is 13.0. The number of fused-ring (bicyclic) bond motifs is 1. The summed E-state index contributed by atoms with van der Waals surface area (Å²) in [6.07, 6.45) is -0.155. The van der Waals surface area contributed by atoms with E-state index in [4.69, 9.17) is 9.47 Å². The molecule has 182 valence electrons. The van der Waals surface area contributed by atoms with Crippen LogP contribution in [-0.4, -0.2) is 36.6 Å². The lowest BCUT2D eigenvalue weighted by Crippen LogP contribution is -2.14. The summed E-state index contributed by atoms with van der Waals surface area (Å²) in [5.74, 6) is 0.934. The maximum Gasteiger partial charge on any atom is 0.338 e. The van der Waals surface area contributed by atoms with E-state index >= 15 is 0 Å². The number of anilines is 1. The van der Waals surface area contributed by atoms with Crippen LogP contribution < -0.4 is 9.46 Å². The topological polar surface area (TPSA) is 110 Å². The van der Waals surface area contributed by atoms with Gasteiger partial charge in [-0.3, -0.25) is 4.72 Å². The number of rotatable bonds is 8. The van der Waals surface area contributed by atoms with Crippen molar-refractivity contribution in [3.8, 4) is 17.1 Å². The molecule has 4 aromatic rings. The van der Waals surface area contributed by atoms with Crippen molar-refractivity contribution in [1.82, 2.24) is 9.97 Å². The van der Waals surface area contributed by atoms with Gasteiger partial charge < -0.3 is 14.5 Å². The van der Waals surface area contributed by atoms with Crippen LogP contribution >= 0.6 is 0 Å². The summed E-state index contributed by atoms with van der Waals surface area (Å²) < 4.78 is 39.3. The molecule has 0 bridgehead atoms. The van der Waals surface area contributed by atoms with Crippen molar-refractivity contribution in [2.24, 2.45) is 0 Å². The molecule has 1 aromatic heterocycles. The molecule has 0 radical (unpaired) electrons. The second-order valence-corrected chi connectivity index (χ2v) is 10.3. The van der Waals surface area contributed by atoms with Crippen LogP contribution in [0, 0.1) is 0 Å². The van der Waals surface area contributed by atoms with Gasteiger partial charge in [0, 0.05) is 11.3 Å². The normalized spacial score (nSPS) is 11.7. The number of esters is 1. The van der Waals surface area contributed by atoms with Crippen molar-refractivity contribution in [1.29, 1.82) is 0 Å². The second kappa shape index (κ2) is 9.79. The molecule has 0 saturated carbocycles. The van der Waals surface area contributed by atoms with Gasteiger partial charge in [0.05, 0.1) is 33.7 Å².